The molecule has 0 aliphatic heterocycles. The standard InChI is InChI=1S/C30H35FN4O4/c1-21(2)19-38-20-25(36)18-32-23-7-6-8-24(17-23)35-29(27-9-4-5-10-28(27)31)33-30(34-35)39-16-15-22-11-13-26(37-3)14-12-22/h4-14,17,21,25,32,36H,15-16,18-20H2,1-3H3/t25-/m0/s1. The number of hydrogen-bond donors (Lipinski definition) is 2. The number of ether oxygens (including phenoxy) is 3. The molecule has 0 saturated carbocycles. The highest BCUT2D eigenvalue weighted by molar-refractivity contribution is 5.61. The number of aromatic nitrogens is 3. The Bertz CT molecular complexity index is 1330. The van der Waals surface area contributed by atoms with Crippen molar-refractivity contribution in [3.8, 4) is 28.8 Å². The molecular weight excluding hydrogens is 499 g/mol. The summed E-state index contributed by atoms with van der Waals surface area (Å²) in [5, 5.41) is 18.0. The average molecular weight is 535 g/mol. The lowest BCUT2D eigenvalue weighted by molar-refractivity contribution is 0.0318. The van der Waals surface area contributed by atoms with Crippen molar-refractivity contribution in [1.29, 1.82) is 0 Å². The van der Waals surface area contributed by atoms with Crippen LogP contribution in [0.4, 0.5) is 10.1 Å². The summed E-state index contributed by atoms with van der Waals surface area (Å²) in [4.78, 5) is 4.52. The van der Waals surface area contributed by atoms with Gasteiger partial charge in [-0.2, -0.15) is 4.98 Å². The van der Waals surface area contributed by atoms with E-state index in [1.807, 2.05) is 48.5 Å². The molecule has 4 aromatic rings. The van der Waals surface area contributed by atoms with Crippen molar-refractivity contribution >= 4 is 5.69 Å². The van der Waals surface area contributed by atoms with Crippen LogP contribution in [0.15, 0.2) is 72.8 Å². The third-order valence-corrected chi connectivity index (χ3v) is 5.88. The normalized spacial score (nSPS) is 11.9. The van der Waals surface area contributed by atoms with Gasteiger partial charge in [0.2, 0.25) is 0 Å². The molecule has 0 aliphatic carbocycles. The average Bonchev–Trinajstić information content (AvgIpc) is 3.36. The number of rotatable bonds is 14. The molecule has 0 unspecified atom stereocenters. The molecule has 0 aliphatic rings. The van der Waals surface area contributed by atoms with Crippen LogP contribution in [-0.2, 0) is 11.2 Å². The van der Waals surface area contributed by atoms with E-state index in [2.05, 4.69) is 29.2 Å². The third-order valence-electron chi connectivity index (χ3n) is 5.88. The van der Waals surface area contributed by atoms with Gasteiger partial charge in [0.1, 0.15) is 11.6 Å². The summed E-state index contributed by atoms with van der Waals surface area (Å²) in [6.07, 6.45) is -0.00522. The predicted octanol–water partition coefficient (Wildman–Crippen LogP) is 5.15. The molecule has 2 N–H and O–H groups in total. The van der Waals surface area contributed by atoms with Crippen molar-refractivity contribution in [3.05, 3.63) is 84.2 Å². The number of benzene rings is 3. The highest BCUT2D eigenvalue weighted by Crippen LogP contribution is 2.27. The van der Waals surface area contributed by atoms with Crippen LogP contribution in [-0.4, -0.2) is 59.5 Å². The fraction of sp³-hybridized carbons (Fsp3) is 0.333. The van der Waals surface area contributed by atoms with E-state index in [9.17, 15) is 9.50 Å². The van der Waals surface area contributed by atoms with E-state index >= 15 is 0 Å². The summed E-state index contributed by atoms with van der Waals surface area (Å²) < 4.78 is 32.9. The molecule has 0 spiro atoms. The predicted molar refractivity (Wildman–Crippen MR) is 149 cm³/mol. The molecule has 4 rings (SSSR count). The SMILES string of the molecule is COc1ccc(CCOc2nc(-c3ccccc3F)n(-c3cccc(NC[C@H](O)COCC(C)C)c3)n2)cc1. The van der Waals surface area contributed by atoms with Crippen LogP contribution in [0, 0.1) is 11.7 Å². The smallest absolute Gasteiger partial charge is 0.336 e. The van der Waals surface area contributed by atoms with Crippen molar-refractivity contribution < 1.29 is 23.7 Å². The van der Waals surface area contributed by atoms with Gasteiger partial charge in [0.25, 0.3) is 0 Å². The van der Waals surface area contributed by atoms with Gasteiger partial charge in [0, 0.05) is 25.3 Å². The number of aliphatic hydroxyl groups excluding tert-OH is 1. The second-order valence-corrected chi connectivity index (χ2v) is 9.57. The Labute approximate surface area is 228 Å². The largest absolute Gasteiger partial charge is 0.497 e. The van der Waals surface area contributed by atoms with Gasteiger partial charge in [-0.05, 0) is 53.9 Å². The van der Waals surface area contributed by atoms with Crippen molar-refractivity contribution in [1.82, 2.24) is 14.8 Å². The van der Waals surface area contributed by atoms with Crippen molar-refractivity contribution in [2.24, 2.45) is 5.92 Å². The zero-order valence-corrected chi connectivity index (χ0v) is 22.5. The minimum Gasteiger partial charge on any atom is -0.497 e. The molecule has 0 amide bonds. The molecule has 1 atom stereocenters. The molecule has 0 fully saturated rings. The first kappa shape index (κ1) is 28.1. The van der Waals surface area contributed by atoms with Gasteiger partial charge in [-0.25, -0.2) is 9.07 Å². The third kappa shape index (κ3) is 8.02. The Kier molecular flexibility index (Phi) is 9.88. The first-order valence-corrected chi connectivity index (χ1v) is 13.0. The number of halogens is 1. The van der Waals surface area contributed by atoms with Gasteiger partial charge in [0.05, 0.1) is 37.7 Å². The fourth-order valence-electron chi connectivity index (χ4n) is 3.89. The summed E-state index contributed by atoms with van der Waals surface area (Å²) >= 11 is 0. The summed E-state index contributed by atoms with van der Waals surface area (Å²) in [6, 6.07) is 21.8. The molecule has 0 saturated heterocycles. The van der Waals surface area contributed by atoms with Crippen molar-refractivity contribution in [3.63, 3.8) is 0 Å². The van der Waals surface area contributed by atoms with Gasteiger partial charge >= 0.3 is 6.01 Å². The maximum Gasteiger partial charge on any atom is 0.336 e. The van der Waals surface area contributed by atoms with E-state index in [-0.39, 0.29) is 12.6 Å². The van der Waals surface area contributed by atoms with Crippen LogP contribution in [0.1, 0.15) is 19.4 Å². The molecule has 9 heteroatoms. The van der Waals surface area contributed by atoms with Gasteiger partial charge in [-0.15, -0.1) is 5.10 Å². The Morgan fingerprint density at radius 2 is 1.79 bits per heavy atom. The molecule has 3 aromatic carbocycles. The maximum absolute atomic E-state index is 14.8. The second-order valence-electron chi connectivity index (χ2n) is 9.57. The van der Waals surface area contributed by atoms with E-state index in [0.29, 0.717) is 49.2 Å². The van der Waals surface area contributed by atoms with Crippen LogP contribution in [0.25, 0.3) is 17.1 Å². The van der Waals surface area contributed by atoms with Gasteiger partial charge in [-0.3, -0.25) is 0 Å². The molecule has 1 heterocycles. The molecule has 39 heavy (non-hydrogen) atoms. The zero-order chi connectivity index (χ0) is 27.6. The lowest BCUT2D eigenvalue weighted by Crippen LogP contribution is -2.25. The van der Waals surface area contributed by atoms with Crippen LogP contribution < -0.4 is 14.8 Å². The molecule has 0 radical (unpaired) electrons. The first-order chi connectivity index (χ1) is 18.9. The quantitative estimate of drug-likeness (QED) is 0.231. The Morgan fingerprint density at radius 1 is 1.00 bits per heavy atom. The Hall–Kier alpha value is -3.95. The monoisotopic (exact) mass is 534 g/mol. The summed E-state index contributed by atoms with van der Waals surface area (Å²) in [6.45, 7) is 5.65. The van der Waals surface area contributed by atoms with Crippen LogP contribution in [0.5, 0.6) is 11.8 Å². The Morgan fingerprint density at radius 3 is 2.54 bits per heavy atom. The number of anilines is 1. The van der Waals surface area contributed by atoms with Gasteiger partial charge < -0.3 is 24.6 Å². The zero-order valence-electron chi connectivity index (χ0n) is 22.5. The van der Waals surface area contributed by atoms with Gasteiger partial charge in [0.15, 0.2) is 5.82 Å². The lowest BCUT2D eigenvalue weighted by atomic mass is 10.1. The van der Waals surface area contributed by atoms with Crippen molar-refractivity contribution in [2.45, 2.75) is 26.4 Å². The van der Waals surface area contributed by atoms with E-state index in [0.717, 1.165) is 17.0 Å². The summed E-state index contributed by atoms with van der Waals surface area (Å²) in [5.41, 5.74) is 2.83. The van der Waals surface area contributed by atoms with Crippen LogP contribution >= 0.6 is 0 Å². The summed E-state index contributed by atoms with van der Waals surface area (Å²) in [7, 11) is 1.63. The van der Waals surface area contributed by atoms with E-state index in [1.165, 1.54) is 6.07 Å². The number of nitrogens with zero attached hydrogens (tertiary/aromatic N) is 3. The van der Waals surface area contributed by atoms with Crippen molar-refractivity contribution in [2.75, 3.05) is 38.8 Å². The molecule has 8 nitrogen and oxygen atoms in total. The molecule has 1 aromatic heterocycles. The highest BCUT2D eigenvalue weighted by atomic mass is 19.1. The number of methoxy groups -OCH3 is 1. The molecule has 206 valence electrons. The van der Waals surface area contributed by atoms with E-state index in [1.54, 1.807) is 30.0 Å². The minimum absolute atomic E-state index is 0.151. The van der Waals surface area contributed by atoms with Gasteiger partial charge in [-0.1, -0.05) is 44.2 Å². The number of hydrogen-bond acceptors (Lipinski definition) is 7. The van der Waals surface area contributed by atoms with Crippen LogP contribution in [0.2, 0.25) is 0 Å². The number of aliphatic hydroxyl groups is 1. The molecule has 0 bridgehead atoms. The molecular formula is C30H35FN4O4. The summed E-state index contributed by atoms with van der Waals surface area (Å²) in [5.74, 6) is 1.12. The van der Waals surface area contributed by atoms with E-state index < -0.39 is 11.9 Å². The number of nitrogens with one attached hydrogen (secondary N) is 1. The topological polar surface area (TPSA) is 90.7 Å². The Balaban J connectivity index is 1.49. The lowest BCUT2D eigenvalue weighted by Gasteiger charge is -2.15. The maximum atomic E-state index is 14.8. The fourth-order valence-corrected chi connectivity index (χ4v) is 3.89. The minimum atomic E-state index is -0.654. The first-order valence-electron chi connectivity index (χ1n) is 13.0. The van der Waals surface area contributed by atoms with Crippen LogP contribution in [0.3, 0.4) is 0 Å². The second kappa shape index (κ2) is 13.7. The highest BCUT2D eigenvalue weighted by Gasteiger charge is 2.18. The van der Waals surface area contributed by atoms with E-state index in [4.69, 9.17) is 14.2 Å².